The number of anilines is 1. The Hall–Kier alpha value is -4.18. The SMILES string of the molecule is Cc1ccc(C(=O)O)cc1-c1ccc(/C=C2\SC(=O)N(CC(=O)Nc3ccc(F)cc3)C2=O)o1. The number of nitrogens with zero attached hydrogens (tertiary/aromatic N) is 1. The van der Waals surface area contributed by atoms with Crippen molar-refractivity contribution in [2.75, 3.05) is 11.9 Å². The van der Waals surface area contributed by atoms with Gasteiger partial charge in [-0.3, -0.25) is 19.3 Å². The fraction of sp³-hybridized carbons (Fsp3) is 0.0833. The molecule has 3 aromatic rings. The molecule has 0 unspecified atom stereocenters. The number of carbonyl (C=O) groups is 4. The van der Waals surface area contributed by atoms with Crippen LogP contribution in [0.3, 0.4) is 0 Å². The Labute approximate surface area is 197 Å². The second-order valence-corrected chi connectivity index (χ2v) is 8.35. The number of amides is 3. The number of halogens is 1. The Kier molecular flexibility index (Phi) is 6.33. The lowest BCUT2D eigenvalue weighted by atomic mass is 10.0. The monoisotopic (exact) mass is 480 g/mol. The third-order valence-corrected chi connectivity index (χ3v) is 5.86. The normalized spacial score (nSPS) is 14.6. The molecule has 4 rings (SSSR count). The van der Waals surface area contributed by atoms with Gasteiger partial charge in [-0.25, -0.2) is 9.18 Å². The number of hydrogen-bond acceptors (Lipinski definition) is 6. The number of aryl methyl sites for hydroxylation is 1. The largest absolute Gasteiger partial charge is 0.478 e. The van der Waals surface area contributed by atoms with Crippen molar-refractivity contribution < 1.29 is 33.1 Å². The number of imide groups is 1. The molecule has 1 aliphatic heterocycles. The molecule has 0 bridgehead atoms. The van der Waals surface area contributed by atoms with Crippen LogP contribution in [-0.4, -0.2) is 39.6 Å². The molecule has 0 spiro atoms. The van der Waals surface area contributed by atoms with Crippen LogP contribution >= 0.6 is 11.8 Å². The molecule has 10 heteroatoms. The summed E-state index contributed by atoms with van der Waals surface area (Å²) >= 11 is 0.673. The maximum atomic E-state index is 13.0. The van der Waals surface area contributed by atoms with Crippen molar-refractivity contribution in [1.29, 1.82) is 0 Å². The van der Waals surface area contributed by atoms with E-state index in [0.29, 0.717) is 28.8 Å². The molecule has 1 aliphatic rings. The highest BCUT2D eigenvalue weighted by molar-refractivity contribution is 8.18. The van der Waals surface area contributed by atoms with Crippen molar-refractivity contribution in [1.82, 2.24) is 4.90 Å². The molecule has 0 radical (unpaired) electrons. The van der Waals surface area contributed by atoms with E-state index in [4.69, 9.17) is 4.42 Å². The summed E-state index contributed by atoms with van der Waals surface area (Å²) in [4.78, 5) is 49.4. The lowest BCUT2D eigenvalue weighted by molar-refractivity contribution is -0.127. The minimum atomic E-state index is -1.06. The molecule has 3 amide bonds. The zero-order valence-electron chi connectivity index (χ0n) is 17.7. The lowest BCUT2D eigenvalue weighted by Gasteiger charge is -2.12. The number of carboxylic acids is 1. The summed E-state index contributed by atoms with van der Waals surface area (Å²) < 4.78 is 18.8. The van der Waals surface area contributed by atoms with E-state index in [1.54, 1.807) is 18.2 Å². The highest BCUT2D eigenvalue weighted by Gasteiger charge is 2.36. The summed E-state index contributed by atoms with van der Waals surface area (Å²) in [6, 6.07) is 13.0. The molecule has 0 aliphatic carbocycles. The van der Waals surface area contributed by atoms with Gasteiger partial charge in [0.1, 0.15) is 23.9 Å². The Bertz CT molecular complexity index is 1350. The number of furan rings is 1. The summed E-state index contributed by atoms with van der Waals surface area (Å²) in [5.41, 5.74) is 1.83. The summed E-state index contributed by atoms with van der Waals surface area (Å²) in [6.07, 6.45) is 1.39. The minimum absolute atomic E-state index is 0.0801. The number of hydrogen-bond donors (Lipinski definition) is 2. The number of nitrogens with one attached hydrogen (secondary N) is 1. The lowest BCUT2D eigenvalue weighted by Crippen LogP contribution is -2.36. The molecule has 2 heterocycles. The summed E-state index contributed by atoms with van der Waals surface area (Å²) in [5, 5.41) is 11.1. The molecule has 1 saturated heterocycles. The Morgan fingerprint density at radius 2 is 1.85 bits per heavy atom. The van der Waals surface area contributed by atoms with E-state index in [9.17, 15) is 28.7 Å². The molecular weight excluding hydrogens is 463 g/mol. The standard InChI is InChI=1S/C24H17FN2O6S/c1-13-2-3-14(23(30)31)10-18(13)19-9-8-17(33-19)11-20-22(29)27(24(32)34-20)12-21(28)26-16-6-4-15(25)5-7-16/h2-11H,12H2,1H3,(H,26,28)(H,30,31)/b20-11-. The first-order chi connectivity index (χ1) is 16.2. The number of carboxylic acid groups (broad SMARTS) is 1. The average Bonchev–Trinajstić information content (AvgIpc) is 3.35. The number of thioether (sulfide) groups is 1. The molecular formula is C24H17FN2O6S. The first-order valence-corrected chi connectivity index (χ1v) is 10.8. The van der Waals surface area contributed by atoms with Crippen molar-refractivity contribution in [3.8, 4) is 11.3 Å². The van der Waals surface area contributed by atoms with Crippen molar-refractivity contribution in [3.05, 3.63) is 82.2 Å². The molecule has 0 saturated carbocycles. The van der Waals surface area contributed by atoms with E-state index in [1.165, 1.54) is 42.5 Å². The quantitative estimate of drug-likeness (QED) is 0.488. The molecule has 172 valence electrons. The third-order valence-electron chi connectivity index (χ3n) is 4.95. The maximum absolute atomic E-state index is 13.0. The van der Waals surface area contributed by atoms with E-state index < -0.39 is 35.4 Å². The number of benzene rings is 2. The van der Waals surface area contributed by atoms with E-state index in [0.717, 1.165) is 10.5 Å². The van der Waals surface area contributed by atoms with Crippen LogP contribution in [0.25, 0.3) is 17.4 Å². The second kappa shape index (κ2) is 9.36. The first kappa shape index (κ1) is 23.0. The van der Waals surface area contributed by atoms with Gasteiger partial charge in [-0.05, 0) is 72.8 Å². The molecule has 1 aromatic heterocycles. The van der Waals surface area contributed by atoms with E-state index >= 15 is 0 Å². The molecule has 2 N–H and O–H groups in total. The van der Waals surface area contributed by atoms with Gasteiger partial charge in [-0.15, -0.1) is 0 Å². The van der Waals surface area contributed by atoms with Gasteiger partial charge in [0.15, 0.2) is 0 Å². The molecule has 2 aromatic carbocycles. The van der Waals surface area contributed by atoms with Crippen LogP contribution in [0, 0.1) is 12.7 Å². The van der Waals surface area contributed by atoms with Gasteiger partial charge in [-0.2, -0.15) is 0 Å². The summed E-state index contributed by atoms with van der Waals surface area (Å²) in [7, 11) is 0. The van der Waals surface area contributed by atoms with Crippen LogP contribution in [0.2, 0.25) is 0 Å². The Balaban J connectivity index is 1.48. The Morgan fingerprint density at radius 3 is 2.56 bits per heavy atom. The summed E-state index contributed by atoms with van der Waals surface area (Å²) in [5.74, 6) is -2.08. The smallest absolute Gasteiger partial charge is 0.335 e. The zero-order valence-corrected chi connectivity index (χ0v) is 18.5. The van der Waals surface area contributed by atoms with Gasteiger partial charge in [0.05, 0.1) is 10.5 Å². The van der Waals surface area contributed by atoms with Gasteiger partial charge in [-0.1, -0.05) is 6.07 Å². The van der Waals surface area contributed by atoms with Crippen LogP contribution in [0.1, 0.15) is 21.7 Å². The van der Waals surface area contributed by atoms with Crippen molar-refractivity contribution in [2.24, 2.45) is 0 Å². The highest BCUT2D eigenvalue weighted by Crippen LogP contribution is 2.34. The number of aromatic carboxylic acids is 1. The maximum Gasteiger partial charge on any atom is 0.335 e. The van der Waals surface area contributed by atoms with E-state index in [2.05, 4.69) is 5.32 Å². The van der Waals surface area contributed by atoms with Crippen molar-refractivity contribution in [3.63, 3.8) is 0 Å². The van der Waals surface area contributed by atoms with Gasteiger partial charge in [0.2, 0.25) is 5.91 Å². The van der Waals surface area contributed by atoms with E-state index in [1.807, 2.05) is 6.92 Å². The molecule has 8 nitrogen and oxygen atoms in total. The molecule has 0 atom stereocenters. The van der Waals surface area contributed by atoms with Crippen molar-refractivity contribution in [2.45, 2.75) is 6.92 Å². The van der Waals surface area contributed by atoms with Crippen LogP contribution in [-0.2, 0) is 9.59 Å². The minimum Gasteiger partial charge on any atom is -0.478 e. The van der Waals surface area contributed by atoms with Gasteiger partial charge < -0.3 is 14.8 Å². The van der Waals surface area contributed by atoms with Gasteiger partial charge in [0, 0.05) is 17.3 Å². The van der Waals surface area contributed by atoms with Crippen LogP contribution < -0.4 is 5.32 Å². The predicted molar refractivity (Wildman–Crippen MR) is 124 cm³/mol. The molecule has 1 fully saturated rings. The topological polar surface area (TPSA) is 117 Å². The van der Waals surface area contributed by atoms with Crippen LogP contribution in [0.4, 0.5) is 14.9 Å². The predicted octanol–water partition coefficient (Wildman–Crippen LogP) is 4.77. The average molecular weight is 480 g/mol. The summed E-state index contributed by atoms with van der Waals surface area (Å²) in [6.45, 7) is 1.31. The van der Waals surface area contributed by atoms with Crippen molar-refractivity contribution >= 4 is 46.5 Å². The van der Waals surface area contributed by atoms with Gasteiger partial charge >= 0.3 is 5.97 Å². The fourth-order valence-electron chi connectivity index (χ4n) is 3.24. The number of rotatable bonds is 6. The third kappa shape index (κ3) is 4.91. The zero-order chi connectivity index (χ0) is 24.4. The fourth-order valence-corrected chi connectivity index (χ4v) is 4.06. The Morgan fingerprint density at radius 1 is 1.12 bits per heavy atom. The van der Waals surface area contributed by atoms with Crippen LogP contribution in [0.5, 0.6) is 0 Å². The van der Waals surface area contributed by atoms with Crippen LogP contribution in [0.15, 0.2) is 63.9 Å². The molecule has 34 heavy (non-hydrogen) atoms. The highest BCUT2D eigenvalue weighted by atomic mass is 32.2. The second-order valence-electron chi connectivity index (χ2n) is 7.36. The van der Waals surface area contributed by atoms with E-state index in [-0.39, 0.29) is 16.2 Å². The van der Waals surface area contributed by atoms with Gasteiger partial charge in [0.25, 0.3) is 11.1 Å². The first-order valence-electron chi connectivity index (χ1n) is 9.96. The number of carbonyl (C=O) groups excluding carboxylic acids is 3.